The minimum atomic E-state index is 0. The fraction of sp³-hybridized carbons (Fsp3) is 0.773. The molecule has 2 fully saturated rings. The summed E-state index contributed by atoms with van der Waals surface area (Å²) >= 11 is 1.87. The van der Waals surface area contributed by atoms with Crippen LogP contribution >= 0.6 is 35.3 Å². The summed E-state index contributed by atoms with van der Waals surface area (Å²) in [4.78, 5) is 11.5. The summed E-state index contributed by atoms with van der Waals surface area (Å²) in [6.45, 7) is 16.6. The van der Waals surface area contributed by atoms with E-state index in [4.69, 9.17) is 9.73 Å². The van der Waals surface area contributed by atoms with E-state index >= 15 is 0 Å². The number of thiophene rings is 1. The lowest BCUT2D eigenvalue weighted by molar-refractivity contribution is -0.00684. The average Bonchev–Trinajstić information content (AvgIpc) is 3.25. The first-order valence-electron chi connectivity index (χ1n) is 11.2. The lowest BCUT2D eigenvalue weighted by Crippen LogP contribution is -2.52. The Hall–Kier alpha value is -0.420. The van der Waals surface area contributed by atoms with Gasteiger partial charge in [-0.25, -0.2) is 0 Å². The maximum Gasteiger partial charge on any atom is 0.191 e. The van der Waals surface area contributed by atoms with Crippen molar-refractivity contribution in [3.05, 3.63) is 22.4 Å². The second-order valence-electron chi connectivity index (χ2n) is 8.79. The summed E-state index contributed by atoms with van der Waals surface area (Å²) in [5, 5.41) is 9.20. The highest BCUT2D eigenvalue weighted by Crippen LogP contribution is 2.20. The molecule has 6 nitrogen and oxygen atoms in total. The van der Waals surface area contributed by atoms with Crippen LogP contribution in [0, 0.1) is 5.92 Å². The molecule has 0 radical (unpaired) electrons. The molecule has 0 saturated carbocycles. The highest BCUT2D eigenvalue weighted by molar-refractivity contribution is 14.0. The van der Waals surface area contributed by atoms with Crippen molar-refractivity contribution in [1.82, 2.24) is 20.4 Å². The van der Waals surface area contributed by atoms with E-state index in [1.54, 1.807) is 0 Å². The molecular weight excluding hydrogens is 509 g/mol. The van der Waals surface area contributed by atoms with Crippen molar-refractivity contribution in [2.75, 3.05) is 59.0 Å². The Morgan fingerprint density at radius 2 is 1.93 bits per heavy atom. The number of piperidine rings is 1. The van der Waals surface area contributed by atoms with Crippen LogP contribution in [0.5, 0.6) is 0 Å². The molecule has 0 aliphatic carbocycles. The van der Waals surface area contributed by atoms with E-state index in [0.717, 1.165) is 64.4 Å². The van der Waals surface area contributed by atoms with E-state index in [0.29, 0.717) is 0 Å². The van der Waals surface area contributed by atoms with Crippen molar-refractivity contribution in [1.29, 1.82) is 0 Å². The van der Waals surface area contributed by atoms with Crippen LogP contribution in [0.4, 0.5) is 0 Å². The van der Waals surface area contributed by atoms with Gasteiger partial charge >= 0.3 is 0 Å². The fourth-order valence-corrected chi connectivity index (χ4v) is 4.84. The number of halogens is 1. The molecule has 0 unspecified atom stereocenters. The molecule has 1 aromatic heterocycles. The number of guanidine groups is 1. The quantitative estimate of drug-likeness (QED) is 0.296. The van der Waals surface area contributed by atoms with E-state index < -0.39 is 0 Å². The molecule has 0 atom stereocenters. The Balaban J connectivity index is 0.00000320. The first kappa shape index (κ1) is 25.8. The van der Waals surface area contributed by atoms with Crippen LogP contribution in [-0.4, -0.2) is 80.3 Å². The summed E-state index contributed by atoms with van der Waals surface area (Å²) in [7, 11) is 0. The third-order valence-electron chi connectivity index (χ3n) is 6.06. The largest absolute Gasteiger partial charge is 0.379 e. The van der Waals surface area contributed by atoms with Gasteiger partial charge in [-0.2, -0.15) is 0 Å². The van der Waals surface area contributed by atoms with Gasteiger partial charge in [-0.15, -0.1) is 35.3 Å². The van der Waals surface area contributed by atoms with Gasteiger partial charge in [0, 0.05) is 43.1 Å². The third kappa shape index (κ3) is 8.26. The predicted octanol–water partition coefficient (Wildman–Crippen LogP) is 3.24. The molecule has 2 N–H and O–H groups in total. The lowest BCUT2D eigenvalue weighted by atomic mass is 9.97. The van der Waals surface area contributed by atoms with Crippen molar-refractivity contribution < 1.29 is 4.74 Å². The molecule has 0 spiro atoms. The highest BCUT2D eigenvalue weighted by Gasteiger charge is 2.28. The Bertz CT molecular complexity index is 611. The number of nitrogens with one attached hydrogen (secondary N) is 2. The number of morpholine rings is 1. The van der Waals surface area contributed by atoms with E-state index in [2.05, 4.69) is 58.7 Å². The monoisotopic (exact) mass is 549 g/mol. The number of likely N-dealkylation sites (tertiary alicyclic amines) is 1. The third-order valence-corrected chi connectivity index (χ3v) is 6.92. The van der Waals surface area contributed by atoms with Gasteiger partial charge in [0.15, 0.2) is 5.96 Å². The van der Waals surface area contributed by atoms with Crippen molar-refractivity contribution in [3.8, 4) is 0 Å². The average molecular weight is 550 g/mol. The van der Waals surface area contributed by atoms with Gasteiger partial charge in [-0.3, -0.25) is 14.8 Å². The van der Waals surface area contributed by atoms with Crippen LogP contribution in [0.1, 0.15) is 38.5 Å². The summed E-state index contributed by atoms with van der Waals surface area (Å²) in [5.41, 5.74) is 0.0548. The topological polar surface area (TPSA) is 52.1 Å². The zero-order chi connectivity index (χ0) is 20.5. The molecular formula is C22H40IN5OS. The molecule has 30 heavy (non-hydrogen) atoms. The minimum absolute atomic E-state index is 0. The number of hydrogen-bond acceptors (Lipinski definition) is 5. The zero-order valence-corrected chi connectivity index (χ0v) is 22.0. The first-order valence-corrected chi connectivity index (χ1v) is 12.0. The summed E-state index contributed by atoms with van der Waals surface area (Å²) in [6, 6.07) is 4.40. The van der Waals surface area contributed by atoms with Crippen LogP contribution in [0.2, 0.25) is 0 Å². The van der Waals surface area contributed by atoms with Gasteiger partial charge in [0.25, 0.3) is 0 Å². The van der Waals surface area contributed by atoms with Gasteiger partial charge in [0.1, 0.15) is 0 Å². The number of rotatable bonds is 8. The molecule has 0 amide bonds. The smallest absolute Gasteiger partial charge is 0.191 e. The number of nitrogens with zero attached hydrogens (tertiary/aromatic N) is 3. The van der Waals surface area contributed by atoms with Crippen LogP contribution in [0.25, 0.3) is 0 Å². The Morgan fingerprint density at radius 3 is 2.57 bits per heavy atom. The minimum Gasteiger partial charge on any atom is -0.379 e. The maximum absolute atomic E-state index is 5.50. The highest BCUT2D eigenvalue weighted by atomic mass is 127. The first-order chi connectivity index (χ1) is 14.1. The second-order valence-corrected chi connectivity index (χ2v) is 9.82. The molecule has 2 saturated heterocycles. The van der Waals surface area contributed by atoms with Gasteiger partial charge in [-0.05, 0) is 64.1 Å². The molecule has 8 heteroatoms. The molecule has 3 heterocycles. The number of aliphatic imine (C=N–C) groups is 1. The molecule has 2 aliphatic heterocycles. The molecule has 0 bridgehead atoms. The van der Waals surface area contributed by atoms with Gasteiger partial charge < -0.3 is 15.4 Å². The number of hydrogen-bond donors (Lipinski definition) is 2. The second kappa shape index (κ2) is 13.2. The van der Waals surface area contributed by atoms with Gasteiger partial charge in [0.05, 0.1) is 19.8 Å². The van der Waals surface area contributed by atoms with Crippen molar-refractivity contribution in [2.45, 2.75) is 45.7 Å². The van der Waals surface area contributed by atoms with E-state index in [1.165, 1.54) is 30.8 Å². The van der Waals surface area contributed by atoms with Crippen LogP contribution in [0.3, 0.4) is 0 Å². The van der Waals surface area contributed by atoms with E-state index in [1.807, 2.05) is 11.3 Å². The Morgan fingerprint density at radius 1 is 1.20 bits per heavy atom. The van der Waals surface area contributed by atoms with Crippen molar-refractivity contribution in [3.63, 3.8) is 0 Å². The summed E-state index contributed by atoms with van der Waals surface area (Å²) in [6.07, 6.45) is 2.52. The Labute approximate surface area is 203 Å². The van der Waals surface area contributed by atoms with Crippen molar-refractivity contribution >= 4 is 41.3 Å². The summed E-state index contributed by atoms with van der Waals surface area (Å²) in [5.74, 6) is 1.68. The molecule has 1 aromatic rings. The lowest BCUT2D eigenvalue weighted by Gasteiger charge is -2.40. The molecule has 3 rings (SSSR count). The van der Waals surface area contributed by atoms with Gasteiger partial charge in [-0.1, -0.05) is 6.07 Å². The zero-order valence-electron chi connectivity index (χ0n) is 18.9. The normalized spacial score (nSPS) is 20.0. The molecule has 172 valence electrons. The predicted molar refractivity (Wildman–Crippen MR) is 138 cm³/mol. The summed E-state index contributed by atoms with van der Waals surface area (Å²) < 4.78 is 5.50. The van der Waals surface area contributed by atoms with Gasteiger partial charge in [0.2, 0.25) is 0 Å². The van der Waals surface area contributed by atoms with Crippen LogP contribution < -0.4 is 10.6 Å². The fourth-order valence-electron chi connectivity index (χ4n) is 4.10. The Kier molecular flexibility index (Phi) is 11.4. The standard InChI is InChI=1S/C22H39N5OS.HI/c1-4-23-21(25-18-22(2,3)27-11-13-28-14-12-27)24-16-19-7-9-26(10-8-19)17-20-6-5-15-29-20;/h5-6,15,19H,4,7-14,16-18H2,1-3H3,(H2,23,24,25);1H. The maximum atomic E-state index is 5.50. The van der Waals surface area contributed by atoms with Crippen molar-refractivity contribution in [2.24, 2.45) is 10.9 Å². The number of ether oxygens (including phenoxy) is 1. The van der Waals surface area contributed by atoms with E-state index in [9.17, 15) is 0 Å². The van der Waals surface area contributed by atoms with E-state index in [-0.39, 0.29) is 29.5 Å². The van der Waals surface area contributed by atoms with Crippen LogP contribution in [-0.2, 0) is 11.3 Å². The SMILES string of the molecule is CCNC(=NCC(C)(C)N1CCOCC1)NCC1CCN(Cc2cccs2)CC1.I. The molecule has 0 aromatic carbocycles. The molecule has 2 aliphatic rings. The van der Waals surface area contributed by atoms with Crippen LogP contribution in [0.15, 0.2) is 22.5 Å².